The molecule has 1 aliphatic rings. The molecule has 7 heteroatoms. The molecule has 0 bridgehead atoms. The van der Waals surface area contributed by atoms with E-state index in [1.165, 1.54) is 11.2 Å². The Bertz CT molecular complexity index is 751. The summed E-state index contributed by atoms with van der Waals surface area (Å²) in [5, 5.41) is 9.81. The molecule has 0 fully saturated rings. The number of nitrogens with two attached hydrogens (primary N) is 1. The van der Waals surface area contributed by atoms with E-state index in [9.17, 15) is 4.79 Å². The van der Waals surface area contributed by atoms with Gasteiger partial charge in [-0.2, -0.15) is 11.0 Å². The first-order chi connectivity index (χ1) is 13.2. The van der Waals surface area contributed by atoms with Gasteiger partial charge in [-0.25, -0.2) is 9.80 Å². The molecule has 0 amide bonds. The lowest BCUT2D eigenvalue weighted by Crippen LogP contribution is -2.12. The van der Waals surface area contributed by atoms with Crippen molar-refractivity contribution in [2.24, 2.45) is 16.2 Å². The van der Waals surface area contributed by atoms with Gasteiger partial charge in [0.15, 0.2) is 0 Å². The molecule has 1 aromatic rings. The average molecular weight is 370 g/mol. The van der Waals surface area contributed by atoms with Crippen molar-refractivity contribution in [2.45, 2.75) is 20.3 Å². The zero-order chi connectivity index (χ0) is 20.1. The Hall–Kier alpha value is -3.19. The number of ether oxygens (including phenoxy) is 1. The lowest BCUT2D eigenvalue weighted by atomic mass is 10.2. The number of carbonyl (C=O) groups excluding carboxylic acids is 1. The number of rotatable bonds is 7. The highest BCUT2D eigenvalue weighted by Crippen LogP contribution is 2.18. The average Bonchev–Trinajstić information content (AvgIpc) is 2.97. The fraction of sp³-hybridized carbons (Fsp3) is 0.250. The van der Waals surface area contributed by atoms with Crippen molar-refractivity contribution in [2.75, 3.05) is 18.7 Å². The summed E-state index contributed by atoms with van der Waals surface area (Å²) in [6.07, 6.45) is 10.1. The third-order valence-electron chi connectivity index (χ3n) is 3.42. The fourth-order valence-corrected chi connectivity index (χ4v) is 2.16. The third kappa shape index (κ3) is 6.91. The Morgan fingerprint density at radius 1 is 1.41 bits per heavy atom. The van der Waals surface area contributed by atoms with Crippen molar-refractivity contribution in [1.29, 1.82) is 0 Å². The SMILES string of the molecule is C=CN(N=NCC1=CC(OC)=CC=CC1)c1cccc(C(=O)ON)c1.CC. The number of hydrogen-bond acceptors (Lipinski definition) is 6. The van der Waals surface area contributed by atoms with Crippen molar-refractivity contribution < 1.29 is 14.4 Å². The highest BCUT2D eigenvalue weighted by Gasteiger charge is 2.09. The molecule has 1 aliphatic carbocycles. The second-order valence-corrected chi connectivity index (χ2v) is 5.08. The minimum Gasteiger partial charge on any atom is -0.497 e. The van der Waals surface area contributed by atoms with Gasteiger partial charge in [0.05, 0.1) is 24.9 Å². The highest BCUT2D eigenvalue weighted by atomic mass is 16.7. The van der Waals surface area contributed by atoms with E-state index in [4.69, 9.17) is 10.6 Å². The molecule has 0 spiro atoms. The van der Waals surface area contributed by atoms with Crippen LogP contribution >= 0.6 is 0 Å². The number of hydrogen-bond donors (Lipinski definition) is 1. The highest BCUT2D eigenvalue weighted by molar-refractivity contribution is 5.90. The van der Waals surface area contributed by atoms with Gasteiger partial charge in [-0.1, -0.05) is 43.9 Å². The summed E-state index contributed by atoms with van der Waals surface area (Å²) in [5.74, 6) is 5.05. The molecule has 0 heterocycles. The zero-order valence-corrected chi connectivity index (χ0v) is 16.0. The van der Waals surface area contributed by atoms with Crippen molar-refractivity contribution in [3.63, 3.8) is 0 Å². The first-order valence-electron chi connectivity index (χ1n) is 8.58. The Morgan fingerprint density at radius 3 is 2.85 bits per heavy atom. The van der Waals surface area contributed by atoms with E-state index >= 15 is 0 Å². The molecule has 0 saturated heterocycles. The molecule has 144 valence electrons. The van der Waals surface area contributed by atoms with Crippen LogP contribution < -0.4 is 10.9 Å². The van der Waals surface area contributed by atoms with Crippen LogP contribution in [0.3, 0.4) is 0 Å². The number of methoxy groups -OCH3 is 1. The predicted octanol–water partition coefficient (Wildman–Crippen LogP) is 4.48. The first kappa shape index (κ1) is 21.9. The van der Waals surface area contributed by atoms with Crippen LogP contribution in [0.4, 0.5) is 5.69 Å². The molecule has 0 aromatic heterocycles. The van der Waals surface area contributed by atoms with Gasteiger partial charge in [0.1, 0.15) is 5.76 Å². The summed E-state index contributed by atoms with van der Waals surface area (Å²) in [6.45, 7) is 8.13. The van der Waals surface area contributed by atoms with E-state index in [0.29, 0.717) is 17.8 Å². The maximum absolute atomic E-state index is 11.5. The molecule has 2 N–H and O–H groups in total. The van der Waals surface area contributed by atoms with E-state index in [1.807, 2.05) is 38.2 Å². The Kier molecular flexibility index (Phi) is 9.88. The van der Waals surface area contributed by atoms with Crippen LogP contribution in [-0.4, -0.2) is 19.6 Å². The van der Waals surface area contributed by atoms with Crippen LogP contribution in [0.15, 0.2) is 83.0 Å². The first-order valence-corrected chi connectivity index (χ1v) is 8.58. The van der Waals surface area contributed by atoms with Gasteiger partial charge in [-0.3, -0.25) is 0 Å². The van der Waals surface area contributed by atoms with E-state index in [0.717, 1.165) is 17.8 Å². The van der Waals surface area contributed by atoms with E-state index in [1.54, 1.807) is 31.4 Å². The second kappa shape index (κ2) is 12.2. The third-order valence-corrected chi connectivity index (χ3v) is 3.42. The van der Waals surface area contributed by atoms with Crippen LogP contribution in [0.5, 0.6) is 0 Å². The van der Waals surface area contributed by atoms with Crippen molar-refractivity contribution in [3.8, 4) is 0 Å². The minimum atomic E-state index is -0.628. The molecule has 1 aromatic carbocycles. The zero-order valence-electron chi connectivity index (χ0n) is 16.0. The van der Waals surface area contributed by atoms with E-state index < -0.39 is 5.97 Å². The van der Waals surface area contributed by atoms with Gasteiger partial charge >= 0.3 is 5.97 Å². The molecular weight excluding hydrogens is 344 g/mol. The Morgan fingerprint density at radius 2 is 2.19 bits per heavy atom. The number of benzene rings is 1. The van der Waals surface area contributed by atoms with E-state index in [-0.39, 0.29) is 0 Å². The quantitative estimate of drug-likeness (QED) is 0.565. The summed E-state index contributed by atoms with van der Waals surface area (Å²) >= 11 is 0. The van der Waals surface area contributed by atoms with Crippen molar-refractivity contribution >= 4 is 11.7 Å². The van der Waals surface area contributed by atoms with Crippen LogP contribution in [0.2, 0.25) is 0 Å². The molecule has 7 nitrogen and oxygen atoms in total. The fourth-order valence-electron chi connectivity index (χ4n) is 2.16. The van der Waals surface area contributed by atoms with Crippen molar-refractivity contribution in [3.05, 3.63) is 78.2 Å². The standard InChI is InChI=1S/C18H20N4O3.C2H6/c1-3-22(16-9-6-8-15(12-16)18(23)25-19)21-20-13-14-7-4-5-10-17(11-14)24-2;1-2/h3-6,8-12H,1,7,13,19H2,2H3;1-2H3. The maximum Gasteiger partial charge on any atom is 0.356 e. The van der Waals surface area contributed by atoms with E-state index in [2.05, 4.69) is 21.8 Å². The lowest BCUT2D eigenvalue weighted by molar-refractivity contribution is 0.0503. The van der Waals surface area contributed by atoms with Crippen molar-refractivity contribution in [1.82, 2.24) is 0 Å². The number of carbonyl (C=O) groups is 1. The largest absolute Gasteiger partial charge is 0.497 e. The van der Waals surface area contributed by atoms with Gasteiger partial charge in [-0.15, -0.1) is 0 Å². The summed E-state index contributed by atoms with van der Waals surface area (Å²) in [5.41, 5.74) is 2.00. The smallest absolute Gasteiger partial charge is 0.356 e. The Balaban J connectivity index is 0.00000176. The normalized spacial score (nSPS) is 12.9. The molecule has 0 radical (unpaired) electrons. The van der Waals surface area contributed by atoms with Crippen LogP contribution in [0.1, 0.15) is 30.6 Å². The number of allylic oxidation sites excluding steroid dienone is 4. The summed E-state index contributed by atoms with van der Waals surface area (Å²) in [6, 6.07) is 6.66. The number of anilines is 1. The van der Waals surface area contributed by atoms with Gasteiger partial charge < -0.3 is 9.57 Å². The van der Waals surface area contributed by atoms with Crippen LogP contribution in [0, 0.1) is 0 Å². The van der Waals surface area contributed by atoms with Gasteiger partial charge in [0.25, 0.3) is 0 Å². The molecule has 0 saturated carbocycles. The molecular formula is C20H26N4O3. The Labute approximate surface area is 160 Å². The molecule has 0 aliphatic heterocycles. The van der Waals surface area contributed by atoms with Gasteiger partial charge in [-0.05, 0) is 42.3 Å². The van der Waals surface area contributed by atoms with Crippen LogP contribution in [-0.2, 0) is 9.57 Å². The van der Waals surface area contributed by atoms with Crippen LogP contribution in [0.25, 0.3) is 0 Å². The monoisotopic (exact) mass is 370 g/mol. The molecule has 0 atom stereocenters. The maximum atomic E-state index is 11.5. The molecule has 0 unspecified atom stereocenters. The summed E-state index contributed by atoms with van der Waals surface area (Å²) < 4.78 is 5.25. The second-order valence-electron chi connectivity index (χ2n) is 5.08. The number of nitrogens with zero attached hydrogens (tertiary/aromatic N) is 3. The van der Waals surface area contributed by atoms with Gasteiger partial charge in [0, 0.05) is 6.20 Å². The van der Waals surface area contributed by atoms with Gasteiger partial charge in [0.2, 0.25) is 0 Å². The summed E-state index contributed by atoms with van der Waals surface area (Å²) in [4.78, 5) is 15.7. The topological polar surface area (TPSA) is 89.5 Å². The molecule has 2 rings (SSSR count). The predicted molar refractivity (Wildman–Crippen MR) is 107 cm³/mol. The minimum absolute atomic E-state index is 0.313. The molecule has 27 heavy (non-hydrogen) atoms. The lowest BCUT2D eigenvalue weighted by Gasteiger charge is -2.13. The summed E-state index contributed by atoms with van der Waals surface area (Å²) in [7, 11) is 1.62.